The average Bonchev–Trinajstić information content (AvgIpc) is 3.30. The van der Waals surface area contributed by atoms with Crippen LogP contribution in [0.1, 0.15) is 28.7 Å². The van der Waals surface area contributed by atoms with Crippen molar-refractivity contribution in [2.75, 3.05) is 5.32 Å². The fraction of sp³-hybridized carbons (Fsp3) is 0.250. The third-order valence-corrected chi connectivity index (χ3v) is 6.50. The number of carbonyl (C=O) groups is 1. The largest absolute Gasteiger partial charge is 0.300 e. The first-order valence-electron chi connectivity index (χ1n) is 8.77. The molecule has 3 aromatic rings. The van der Waals surface area contributed by atoms with Gasteiger partial charge < -0.3 is 5.32 Å². The van der Waals surface area contributed by atoms with E-state index in [1.807, 2.05) is 6.07 Å². The molecule has 0 saturated heterocycles. The Morgan fingerprint density at radius 3 is 2.70 bits per heavy atom. The number of nitrogens with zero attached hydrogens (tertiary/aromatic N) is 2. The van der Waals surface area contributed by atoms with E-state index in [1.54, 1.807) is 12.1 Å². The zero-order valence-electron chi connectivity index (χ0n) is 14.6. The number of thioether (sulfide) groups is 1. The molecule has 0 bridgehead atoms. The minimum absolute atomic E-state index is 0.0841. The summed E-state index contributed by atoms with van der Waals surface area (Å²) in [4.78, 5) is 12.3. The number of carbonyl (C=O) groups excluding carboxylic acids is 1. The smallest absolute Gasteiger partial charge is 0.230 e. The third kappa shape index (κ3) is 4.73. The molecule has 27 heavy (non-hydrogen) atoms. The van der Waals surface area contributed by atoms with Crippen LogP contribution in [0.2, 0.25) is 0 Å². The summed E-state index contributed by atoms with van der Waals surface area (Å²) in [5.41, 5.74) is 4.82. The first-order chi connectivity index (χ1) is 13.2. The second-order valence-corrected chi connectivity index (χ2v) is 8.67. The van der Waals surface area contributed by atoms with E-state index >= 15 is 0 Å². The average molecular weight is 400 g/mol. The summed E-state index contributed by atoms with van der Waals surface area (Å²) in [6.07, 6.45) is 3.79. The number of amides is 1. The summed E-state index contributed by atoms with van der Waals surface area (Å²) >= 11 is 2.86. The summed E-state index contributed by atoms with van der Waals surface area (Å²) < 4.78 is 13.7. The molecule has 0 spiro atoms. The topological polar surface area (TPSA) is 54.9 Å². The van der Waals surface area contributed by atoms with E-state index in [4.69, 9.17) is 0 Å². The van der Waals surface area contributed by atoms with Gasteiger partial charge in [-0.15, -0.1) is 10.2 Å². The van der Waals surface area contributed by atoms with Crippen molar-refractivity contribution in [2.45, 2.75) is 35.8 Å². The standard InChI is InChI=1S/C20H18FN3OS2/c21-17-8-5-13(6-9-17)12-26-20-24-23-19(27-20)22-18(25)11-14-4-7-15-2-1-3-16(15)10-14/h4-10H,1-3,11-12H2,(H,22,23,25). The van der Waals surface area contributed by atoms with E-state index in [9.17, 15) is 9.18 Å². The quantitative estimate of drug-likeness (QED) is 0.485. The Hall–Kier alpha value is -2.25. The number of hydrogen-bond donors (Lipinski definition) is 1. The van der Waals surface area contributed by atoms with Crippen LogP contribution in [0.15, 0.2) is 46.8 Å². The zero-order chi connectivity index (χ0) is 18.6. The van der Waals surface area contributed by atoms with E-state index in [0.717, 1.165) is 28.3 Å². The van der Waals surface area contributed by atoms with Gasteiger partial charge in [0.15, 0.2) is 4.34 Å². The van der Waals surface area contributed by atoms with Crippen molar-refractivity contribution in [1.29, 1.82) is 0 Å². The van der Waals surface area contributed by atoms with Crippen LogP contribution in [-0.2, 0) is 29.8 Å². The van der Waals surface area contributed by atoms with Crippen molar-refractivity contribution in [3.8, 4) is 0 Å². The molecule has 2 aromatic carbocycles. The van der Waals surface area contributed by atoms with Gasteiger partial charge in [0.25, 0.3) is 0 Å². The molecule has 1 heterocycles. The van der Waals surface area contributed by atoms with E-state index in [-0.39, 0.29) is 11.7 Å². The monoisotopic (exact) mass is 399 g/mol. The summed E-state index contributed by atoms with van der Waals surface area (Å²) in [5.74, 6) is 0.352. The molecule has 1 aromatic heterocycles. The van der Waals surface area contributed by atoms with Crippen LogP contribution in [-0.4, -0.2) is 16.1 Å². The molecule has 138 valence electrons. The Morgan fingerprint density at radius 1 is 1.07 bits per heavy atom. The van der Waals surface area contributed by atoms with Gasteiger partial charge in [-0.1, -0.05) is 53.4 Å². The summed E-state index contributed by atoms with van der Waals surface area (Å²) in [7, 11) is 0. The van der Waals surface area contributed by atoms with Crippen molar-refractivity contribution in [1.82, 2.24) is 10.2 Å². The van der Waals surface area contributed by atoms with Crippen LogP contribution >= 0.6 is 23.1 Å². The number of fused-ring (bicyclic) bond motifs is 1. The maximum atomic E-state index is 12.9. The molecule has 0 unspecified atom stereocenters. The van der Waals surface area contributed by atoms with Crippen molar-refractivity contribution in [3.63, 3.8) is 0 Å². The Labute approximate surface area is 165 Å². The van der Waals surface area contributed by atoms with Gasteiger partial charge >= 0.3 is 0 Å². The van der Waals surface area contributed by atoms with Gasteiger partial charge in [0, 0.05) is 5.75 Å². The van der Waals surface area contributed by atoms with E-state index in [2.05, 4.69) is 27.6 Å². The highest BCUT2D eigenvalue weighted by molar-refractivity contribution is 8.00. The van der Waals surface area contributed by atoms with Crippen molar-refractivity contribution in [3.05, 3.63) is 70.5 Å². The Balaban J connectivity index is 1.30. The second-order valence-electron chi connectivity index (χ2n) is 6.47. The molecule has 0 fully saturated rings. The zero-order valence-corrected chi connectivity index (χ0v) is 16.2. The predicted octanol–water partition coefficient (Wildman–Crippen LogP) is 4.64. The number of benzene rings is 2. The molecule has 1 aliphatic carbocycles. The van der Waals surface area contributed by atoms with Crippen LogP contribution in [0, 0.1) is 5.82 Å². The van der Waals surface area contributed by atoms with E-state index < -0.39 is 0 Å². The minimum atomic E-state index is -0.243. The van der Waals surface area contributed by atoms with E-state index in [0.29, 0.717) is 17.3 Å². The number of halogens is 1. The molecule has 1 N–H and O–H groups in total. The lowest BCUT2D eigenvalue weighted by molar-refractivity contribution is -0.115. The number of aryl methyl sites for hydroxylation is 2. The number of rotatable bonds is 6. The molecule has 4 rings (SSSR count). The minimum Gasteiger partial charge on any atom is -0.300 e. The lowest BCUT2D eigenvalue weighted by atomic mass is 10.0. The molecule has 7 heteroatoms. The molecular formula is C20H18FN3OS2. The van der Waals surface area contributed by atoms with Crippen molar-refractivity contribution in [2.24, 2.45) is 0 Å². The van der Waals surface area contributed by atoms with Gasteiger partial charge in [-0.2, -0.15) is 0 Å². The third-order valence-electron chi connectivity index (χ3n) is 4.46. The first kappa shape index (κ1) is 18.1. The number of hydrogen-bond acceptors (Lipinski definition) is 5. The van der Waals surface area contributed by atoms with Gasteiger partial charge in [-0.25, -0.2) is 4.39 Å². The molecule has 0 radical (unpaired) electrons. The van der Waals surface area contributed by atoms with Crippen molar-refractivity contribution >= 4 is 34.1 Å². The number of aromatic nitrogens is 2. The molecule has 0 atom stereocenters. The van der Waals surface area contributed by atoms with Gasteiger partial charge in [0.1, 0.15) is 5.82 Å². The predicted molar refractivity (Wildman–Crippen MR) is 107 cm³/mol. The molecule has 0 saturated carbocycles. The van der Waals surface area contributed by atoms with Crippen molar-refractivity contribution < 1.29 is 9.18 Å². The van der Waals surface area contributed by atoms with Crippen LogP contribution in [0.25, 0.3) is 0 Å². The van der Waals surface area contributed by atoms with Gasteiger partial charge in [0.05, 0.1) is 6.42 Å². The molecule has 0 aliphatic heterocycles. The van der Waals surface area contributed by atoms with Gasteiger partial charge in [-0.05, 0) is 53.6 Å². The highest BCUT2D eigenvalue weighted by atomic mass is 32.2. The summed E-state index contributed by atoms with van der Waals surface area (Å²) in [6.45, 7) is 0. The Kier molecular flexibility index (Phi) is 5.50. The van der Waals surface area contributed by atoms with Crippen LogP contribution in [0.4, 0.5) is 9.52 Å². The van der Waals surface area contributed by atoms with Crippen LogP contribution in [0.3, 0.4) is 0 Å². The van der Waals surface area contributed by atoms with E-state index in [1.165, 1.54) is 52.8 Å². The van der Waals surface area contributed by atoms with Crippen LogP contribution in [0.5, 0.6) is 0 Å². The Morgan fingerprint density at radius 2 is 1.85 bits per heavy atom. The SMILES string of the molecule is O=C(Cc1ccc2c(c1)CCC2)Nc1nnc(SCc2ccc(F)cc2)s1. The maximum absolute atomic E-state index is 12.9. The second kappa shape index (κ2) is 8.19. The van der Waals surface area contributed by atoms with Gasteiger partial charge in [-0.3, -0.25) is 4.79 Å². The summed E-state index contributed by atoms with van der Waals surface area (Å²) in [5, 5.41) is 11.5. The molecule has 1 amide bonds. The highest BCUT2D eigenvalue weighted by Crippen LogP contribution is 2.28. The molecule has 4 nitrogen and oxygen atoms in total. The fourth-order valence-electron chi connectivity index (χ4n) is 3.13. The number of nitrogens with one attached hydrogen (secondary N) is 1. The summed E-state index contributed by atoms with van der Waals surface area (Å²) in [6, 6.07) is 12.7. The Bertz CT molecular complexity index is 956. The maximum Gasteiger partial charge on any atom is 0.230 e. The lowest BCUT2D eigenvalue weighted by Crippen LogP contribution is -2.14. The molecular weight excluding hydrogens is 381 g/mol. The van der Waals surface area contributed by atoms with Crippen LogP contribution < -0.4 is 5.32 Å². The fourth-order valence-corrected chi connectivity index (χ4v) is 4.85. The number of anilines is 1. The highest BCUT2D eigenvalue weighted by Gasteiger charge is 2.13. The van der Waals surface area contributed by atoms with Gasteiger partial charge in [0.2, 0.25) is 11.0 Å². The molecule has 1 aliphatic rings. The lowest BCUT2D eigenvalue weighted by Gasteiger charge is -2.04. The first-order valence-corrected chi connectivity index (χ1v) is 10.6. The normalized spacial score (nSPS) is 12.8.